The molecule has 0 aromatic rings. The largest absolute Gasteiger partial charge is 0.384 e. The van der Waals surface area contributed by atoms with Gasteiger partial charge in [0.15, 0.2) is 0 Å². The van der Waals surface area contributed by atoms with Crippen molar-refractivity contribution < 1.29 is 4.74 Å². The van der Waals surface area contributed by atoms with Crippen LogP contribution in [0, 0.1) is 11.8 Å². The maximum Gasteiger partial charge on any atom is 0.0499 e. The summed E-state index contributed by atoms with van der Waals surface area (Å²) in [6, 6.07) is 0.678. The van der Waals surface area contributed by atoms with Crippen LogP contribution in [0.2, 0.25) is 0 Å². The zero-order chi connectivity index (χ0) is 11.8. The number of hydrogen-bond acceptors (Lipinski definition) is 2. The van der Waals surface area contributed by atoms with Gasteiger partial charge in [0.2, 0.25) is 0 Å². The average Bonchev–Trinajstić information content (AvgIpc) is 2.55. The first-order chi connectivity index (χ1) is 7.74. The highest BCUT2D eigenvalue weighted by molar-refractivity contribution is 4.75. The molecule has 0 spiro atoms. The van der Waals surface area contributed by atoms with Crippen molar-refractivity contribution in [2.75, 3.05) is 20.3 Å². The van der Waals surface area contributed by atoms with E-state index in [4.69, 9.17) is 4.74 Å². The molecular formula is C14H29NO. The summed E-state index contributed by atoms with van der Waals surface area (Å²) in [6.07, 6.45) is 8.61. The first-order valence-electron chi connectivity index (χ1n) is 6.96. The Kier molecular flexibility index (Phi) is 7.06. The Morgan fingerprint density at radius 2 is 1.75 bits per heavy atom. The van der Waals surface area contributed by atoms with E-state index < -0.39 is 0 Å². The maximum absolute atomic E-state index is 5.16. The van der Waals surface area contributed by atoms with Gasteiger partial charge in [0.05, 0.1) is 0 Å². The second-order valence-electron chi connectivity index (χ2n) is 5.51. The molecule has 16 heavy (non-hydrogen) atoms. The second kappa shape index (κ2) is 8.08. The molecule has 1 rings (SSSR count). The van der Waals surface area contributed by atoms with Crippen molar-refractivity contribution in [1.29, 1.82) is 0 Å². The Morgan fingerprint density at radius 1 is 1.12 bits per heavy atom. The van der Waals surface area contributed by atoms with E-state index in [1.807, 2.05) is 0 Å². The van der Waals surface area contributed by atoms with Gasteiger partial charge < -0.3 is 10.1 Å². The SMILES string of the molecule is COCC(C)CN[C@H](C)C1CCCCCC1. The molecule has 0 heterocycles. The summed E-state index contributed by atoms with van der Waals surface area (Å²) in [5, 5.41) is 3.68. The van der Waals surface area contributed by atoms with E-state index in [0.717, 1.165) is 19.1 Å². The van der Waals surface area contributed by atoms with Crippen molar-refractivity contribution in [3.8, 4) is 0 Å². The highest BCUT2D eigenvalue weighted by atomic mass is 16.5. The summed E-state index contributed by atoms with van der Waals surface area (Å²) in [7, 11) is 1.78. The third-order valence-electron chi connectivity index (χ3n) is 3.85. The molecule has 0 saturated heterocycles. The van der Waals surface area contributed by atoms with Crippen LogP contribution in [-0.2, 0) is 4.74 Å². The molecule has 2 heteroatoms. The van der Waals surface area contributed by atoms with Crippen LogP contribution >= 0.6 is 0 Å². The monoisotopic (exact) mass is 227 g/mol. The van der Waals surface area contributed by atoms with E-state index in [0.29, 0.717) is 12.0 Å². The lowest BCUT2D eigenvalue weighted by Crippen LogP contribution is -2.37. The van der Waals surface area contributed by atoms with Gasteiger partial charge in [-0.25, -0.2) is 0 Å². The zero-order valence-corrected chi connectivity index (χ0v) is 11.3. The van der Waals surface area contributed by atoms with Gasteiger partial charge in [-0.1, -0.05) is 32.6 Å². The summed E-state index contributed by atoms with van der Waals surface area (Å²) < 4.78 is 5.16. The quantitative estimate of drug-likeness (QED) is 0.704. The van der Waals surface area contributed by atoms with Gasteiger partial charge in [-0.05, 0) is 31.6 Å². The van der Waals surface area contributed by atoms with Crippen LogP contribution in [0.15, 0.2) is 0 Å². The maximum atomic E-state index is 5.16. The standard InChI is InChI=1S/C14H29NO/c1-12(11-16-3)10-15-13(2)14-8-6-4-5-7-9-14/h12-15H,4-11H2,1-3H3/t12?,13-/m1/s1. The lowest BCUT2D eigenvalue weighted by atomic mass is 9.93. The molecule has 2 nitrogen and oxygen atoms in total. The molecular weight excluding hydrogens is 198 g/mol. The van der Waals surface area contributed by atoms with Crippen molar-refractivity contribution in [2.24, 2.45) is 11.8 Å². The van der Waals surface area contributed by atoms with Gasteiger partial charge in [0.1, 0.15) is 0 Å². The second-order valence-corrected chi connectivity index (χ2v) is 5.51. The highest BCUT2D eigenvalue weighted by Crippen LogP contribution is 2.25. The number of ether oxygens (including phenoxy) is 1. The fraction of sp³-hybridized carbons (Fsp3) is 1.00. The molecule has 1 N–H and O–H groups in total. The molecule has 0 amide bonds. The van der Waals surface area contributed by atoms with Crippen LogP contribution in [-0.4, -0.2) is 26.3 Å². The molecule has 0 aromatic heterocycles. The molecule has 0 aromatic carbocycles. The molecule has 1 fully saturated rings. The summed E-state index contributed by atoms with van der Waals surface area (Å²) >= 11 is 0. The predicted octanol–water partition coefficient (Wildman–Crippen LogP) is 3.22. The summed E-state index contributed by atoms with van der Waals surface area (Å²) in [4.78, 5) is 0. The fourth-order valence-corrected chi connectivity index (χ4v) is 2.71. The Labute approximate surface area is 101 Å². The molecule has 1 aliphatic carbocycles. The van der Waals surface area contributed by atoms with Gasteiger partial charge in [0, 0.05) is 26.3 Å². The van der Waals surface area contributed by atoms with Gasteiger partial charge >= 0.3 is 0 Å². The first kappa shape index (κ1) is 14.0. The van der Waals surface area contributed by atoms with Crippen LogP contribution < -0.4 is 5.32 Å². The van der Waals surface area contributed by atoms with Crippen molar-refractivity contribution in [3.05, 3.63) is 0 Å². The van der Waals surface area contributed by atoms with Crippen LogP contribution in [0.25, 0.3) is 0 Å². The van der Waals surface area contributed by atoms with E-state index >= 15 is 0 Å². The number of methoxy groups -OCH3 is 1. The van der Waals surface area contributed by atoms with Crippen molar-refractivity contribution in [1.82, 2.24) is 5.32 Å². The minimum absolute atomic E-state index is 0.623. The highest BCUT2D eigenvalue weighted by Gasteiger charge is 2.18. The molecule has 96 valence electrons. The molecule has 1 aliphatic rings. The summed E-state index contributed by atoms with van der Waals surface area (Å²) in [5.74, 6) is 1.52. The van der Waals surface area contributed by atoms with Crippen molar-refractivity contribution in [2.45, 2.75) is 58.4 Å². The van der Waals surface area contributed by atoms with Gasteiger partial charge in [-0.15, -0.1) is 0 Å². The van der Waals surface area contributed by atoms with Crippen molar-refractivity contribution in [3.63, 3.8) is 0 Å². The minimum Gasteiger partial charge on any atom is -0.384 e. The molecule has 0 radical (unpaired) electrons. The Morgan fingerprint density at radius 3 is 2.31 bits per heavy atom. The molecule has 1 saturated carbocycles. The van der Waals surface area contributed by atoms with Gasteiger partial charge in [0.25, 0.3) is 0 Å². The lowest BCUT2D eigenvalue weighted by molar-refractivity contribution is 0.154. The van der Waals surface area contributed by atoms with E-state index in [2.05, 4.69) is 19.2 Å². The van der Waals surface area contributed by atoms with Gasteiger partial charge in [-0.3, -0.25) is 0 Å². The molecule has 0 aliphatic heterocycles. The average molecular weight is 227 g/mol. The van der Waals surface area contributed by atoms with Crippen LogP contribution in [0.1, 0.15) is 52.4 Å². The molecule has 2 atom stereocenters. The van der Waals surface area contributed by atoms with Crippen LogP contribution in [0.5, 0.6) is 0 Å². The molecule has 1 unspecified atom stereocenters. The smallest absolute Gasteiger partial charge is 0.0499 e. The van der Waals surface area contributed by atoms with E-state index in [-0.39, 0.29) is 0 Å². The number of rotatable bonds is 6. The topological polar surface area (TPSA) is 21.3 Å². The zero-order valence-electron chi connectivity index (χ0n) is 11.3. The Hall–Kier alpha value is -0.0800. The minimum atomic E-state index is 0.623. The normalized spacial score (nSPS) is 22.7. The van der Waals surface area contributed by atoms with Crippen LogP contribution in [0.3, 0.4) is 0 Å². The summed E-state index contributed by atoms with van der Waals surface area (Å²) in [6.45, 7) is 6.56. The molecule has 0 bridgehead atoms. The van der Waals surface area contributed by atoms with E-state index in [9.17, 15) is 0 Å². The van der Waals surface area contributed by atoms with Crippen molar-refractivity contribution >= 4 is 0 Å². The van der Waals surface area contributed by atoms with E-state index in [1.54, 1.807) is 7.11 Å². The van der Waals surface area contributed by atoms with Crippen LogP contribution in [0.4, 0.5) is 0 Å². The van der Waals surface area contributed by atoms with E-state index in [1.165, 1.54) is 38.5 Å². The summed E-state index contributed by atoms with van der Waals surface area (Å²) in [5.41, 5.74) is 0. The first-order valence-corrected chi connectivity index (χ1v) is 6.96. The lowest BCUT2D eigenvalue weighted by Gasteiger charge is -2.25. The fourth-order valence-electron chi connectivity index (χ4n) is 2.71. The predicted molar refractivity (Wildman–Crippen MR) is 69.7 cm³/mol. The third kappa shape index (κ3) is 5.31. The number of nitrogens with one attached hydrogen (secondary N) is 1. The number of hydrogen-bond donors (Lipinski definition) is 1. The van der Waals surface area contributed by atoms with Gasteiger partial charge in [-0.2, -0.15) is 0 Å². The Balaban J connectivity index is 2.19. The third-order valence-corrected chi connectivity index (χ3v) is 3.85. The Bertz CT molecular complexity index is 164.